The predicted octanol–water partition coefficient (Wildman–Crippen LogP) is 1.92. The van der Waals surface area contributed by atoms with Crippen LogP contribution >= 0.6 is 11.8 Å². The molecule has 1 aromatic carbocycles. The molecule has 0 saturated carbocycles. The highest BCUT2D eigenvalue weighted by Gasteiger charge is 2.52. The third kappa shape index (κ3) is 2.02. The number of hydrogen-bond acceptors (Lipinski definition) is 3. The third-order valence-electron chi connectivity index (χ3n) is 3.86. The van der Waals surface area contributed by atoms with Crippen molar-refractivity contribution in [3.8, 4) is 0 Å². The Labute approximate surface area is 116 Å². The molecule has 2 aliphatic rings. The molecule has 1 atom stereocenters. The summed E-state index contributed by atoms with van der Waals surface area (Å²) in [5, 5.41) is 2.89. The number of hydrogen-bond donors (Lipinski definition) is 1. The number of nitrogens with zero attached hydrogens (tertiary/aromatic N) is 1. The summed E-state index contributed by atoms with van der Waals surface area (Å²) in [6, 6.07) is 7.59. The second kappa shape index (κ2) is 4.56. The van der Waals surface area contributed by atoms with Gasteiger partial charge in [0.15, 0.2) is 0 Å². The van der Waals surface area contributed by atoms with E-state index < -0.39 is 5.54 Å². The average molecular weight is 276 g/mol. The molecule has 1 aromatic rings. The SMILES string of the molecule is Cc1ccccc1CN1C(=O)N[C@@]2(CCSC2)C1=O. The predicted molar refractivity (Wildman–Crippen MR) is 74.9 cm³/mol. The van der Waals surface area contributed by atoms with Crippen LogP contribution in [0.1, 0.15) is 17.5 Å². The van der Waals surface area contributed by atoms with Gasteiger partial charge >= 0.3 is 6.03 Å². The first-order chi connectivity index (χ1) is 9.12. The van der Waals surface area contributed by atoms with Crippen molar-refractivity contribution in [2.24, 2.45) is 0 Å². The number of amides is 3. The van der Waals surface area contributed by atoms with Gasteiger partial charge in [-0.25, -0.2) is 4.79 Å². The number of rotatable bonds is 2. The zero-order chi connectivity index (χ0) is 13.5. The average Bonchev–Trinajstić information content (AvgIpc) is 2.94. The van der Waals surface area contributed by atoms with Crippen LogP contribution in [-0.4, -0.2) is 33.9 Å². The Morgan fingerprint density at radius 3 is 2.84 bits per heavy atom. The van der Waals surface area contributed by atoms with Crippen molar-refractivity contribution in [2.45, 2.75) is 25.4 Å². The van der Waals surface area contributed by atoms with Crippen LogP contribution in [-0.2, 0) is 11.3 Å². The molecule has 2 fully saturated rings. The fraction of sp³-hybridized carbons (Fsp3) is 0.429. The van der Waals surface area contributed by atoms with E-state index in [0.29, 0.717) is 12.3 Å². The fourth-order valence-corrected chi connectivity index (χ4v) is 3.94. The zero-order valence-corrected chi connectivity index (χ0v) is 11.6. The number of urea groups is 1. The molecule has 2 saturated heterocycles. The lowest BCUT2D eigenvalue weighted by molar-refractivity contribution is -0.130. The van der Waals surface area contributed by atoms with Gasteiger partial charge in [-0.05, 0) is 30.2 Å². The largest absolute Gasteiger partial charge is 0.325 e. The monoisotopic (exact) mass is 276 g/mol. The summed E-state index contributed by atoms with van der Waals surface area (Å²) >= 11 is 1.73. The molecule has 3 rings (SSSR count). The van der Waals surface area contributed by atoms with Gasteiger partial charge in [-0.2, -0.15) is 11.8 Å². The minimum absolute atomic E-state index is 0.0641. The highest BCUT2D eigenvalue weighted by atomic mass is 32.2. The molecule has 5 heteroatoms. The first-order valence-corrected chi connectivity index (χ1v) is 7.54. The van der Waals surface area contributed by atoms with E-state index in [1.165, 1.54) is 4.90 Å². The lowest BCUT2D eigenvalue weighted by atomic mass is 9.99. The molecule has 0 radical (unpaired) electrons. The van der Waals surface area contributed by atoms with Gasteiger partial charge in [0.2, 0.25) is 0 Å². The maximum absolute atomic E-state index is 12.5. The van der Waals surface area contributed by atoms with Gasteiger partial charge in [-0.15, -0.1) is 0 Å². The van der Waals surface area contributed by atoms with Gasteiger partial charge in [0, 0.05) is 5.75 Å². The number of thioether (sulfide) groups is 1. The second-order valence-electron chi connectivity index (χ2n) is 5.13. The Morgan fingerprint density at radius 2 is 2.16 bits per heavy atom. The van der Waals surface area contributed by atoms with E-state index in [-0.39, 0.29) is 11.9 Å². The highest BCUT2D eigenvalue weighted by Crippen LogP contribution is 2.34. The molecule has 3 amide bonds. The Hall–Kier alpha value is -1.49. The molecular formula is C14H16N2O2S. The summed E-state index contributed by atoms with van der Waals surface area (Å²) < 4.78 is 0. The van der Waals surface area contributed by atoms with E-state index in [1.54, 1.807) is 11.8 Å². The van der Waals surface area contributed by atoms with Crippen molar-refractivity contribution in [2.75, 3.05) is 11.5 Å². The van der Waals surface area contributed by atoms with Gasteiger partial charge in [0.1, 0.15) is 5.54 Å². The van der Waals surface area contributed by atoms with E-state index in [4.69, 9.17) is 0 Å². The Morgan fingerprint density at radius 1 is 1.37 bits per heavy atom. The summed E-state index contributed by atoms with van der Waals surface area (Å²) in [6.07, 6.45) is 0.743. The molecule has 4 nitrogen and oxygen atoms in total. The molecule has 0 unspecified atom stereocenters. The number of carbonyl (C=O) groups excluding carboxylic acids is 2. The lowest BCUT2D eigenvalue weighted by Crippen LogP contribution is -2.46. The van der Waals surface area contributed by atoms with Crippen LogP contribution in [0, 0.1) is 6.92 Å². The molecule has 19 heavy (non-hydrogen) atoms. The smallest absolute Gasteiger partial charge is 0.322 e. The maximum atomic E-state index is 12.5. The van der Waals surface area contributed by atoms with Crippen LogP contribution in [0.5, 0.6) is 0 Å². The summed E-state index contributed by atoms with van der Waals surface area (Å²) in [6.45, 7) is 2.36. The second-order valence-corrected chi connectivity index (χ2v) is 6.24. The number of carbonyl (C=O) groups is 2. The van der Waals surface area contributed by atoms with Gasteiger partial charge in [0.25, 0.3) is 5.91 Å². The van der Waals surface area contributed by atoms with Crippen molar-refractivity contribution in [3.63, 3.8) is 0 Å². The zero-order valence-electron chi connectivity index (χ0n) is 10.8. The van der Waals surface area contributed by atoms with Crippen LogP contribution in [0.15, 0.2) is 24.3 Å². The topological polar surface area (TPSA) is 49.4 Å². The molecule has 0 aliphatic carbocycles. The van der Waals surface area contributed by atoms with E-state index in [2.05, 4.69) is 5.32 Å². The van der Waals surface area contributed by atoms with Crippen molar-refractivity contribution in [1.82, 2.24) is 10.2 Å². The first-order valence-electron chi connectivity index (χ1n) is 6.39. The minimum atomic E-state index is -0.634. The van der Waals surface area contributed by atoms with Crippen molar-refractivity contribution in [3.05, 3.63) is 35.4 Å². The van der Waals surface area contributed by atoms with Crippen molar-refractivity contribution >= 4 is 23.7 Å². The normalized spacial score (nSPS) is 26.3. The van der Waals surface area contributed by atoms with Gasteiger partial charge in [-0.1, -0.05) is 24.3 Å². The summed E-state index contributed by atoms with van der Waals surface area (Å²) in [7, 11) is 0. The first kappa shape index (κ1) is 12.5. The van der Waals surface area contributed by atoms with E-state index in [9.17, 15) is 9.59 Å². The molecule has 0 bridgehead atoms. The Balaban J connectivity index is 1.84. The summed E-state index contributed by atoms with van der Waals surface area (Å²) in [5.74, 6) is 1.57. The van der Waals surface area contributed by atoms with E-state index >= 15 is 0 Å². The lowest BCUT2D eigenvalue weighted by Gasteiger charge is -2.19. The summed E-state index contributed by atoms with van der Waals surface area (Å²) in [5.41, 5.74) is 1.49. The molecular weight excluding hydrogens is 260 g/mol. The quantitative estimate of drug-likeness (QED) is 0.840. The van der Waals surface area contributed by atoms with Crippen LogP contribution in [0.25, 0.3) is 0 Å². The Bertz CT molecular complexity index is 538. The molecule has 100 valence electrons. The number of aryl methyl sites for hydroxylation is 1. The van der Waals surface area contributed by atoms with Crippen LogP contribution < -0.4 is 5.32 Å². The number of imide groups is 1. The molecule has 0 aromatic heterocycles. The number of benzene rings is 1. The number of nitrogens with one attached hydrogen (secondary N) is 1. The van der Waals surface area contributed by atoms with E-state index in [1.807, 2.05) is 31.2 Å². The van der Waals surface area contributed by atoms with Gasteiger partial charge in [0.05, 0.1) is 6.54 Å². The fourth-order valence-electron chi connectivity index (χ4n) is 2.61. The van der Waals surface area contributed by atoms with Crippen molar-refractivity contribution in [1.29, 1.82) is 0 Å². The third-order valence-corrected chi connectivity index (χ3v) is 5.05. The standard InChI is InChI=1S/C14H16N2O2S/c1-10-4-2-3-5-11(10)8-16-12(17)14(15-13(16)18)6-7-19-9-14/h2-5H,6-9H2,1H3,(H,15,18)/t14-/m1/s1. The van der Waals surface area contributed by atoms with E-state index in [0.717, 1.165) is 23.3 Å². The maximum Gasteiger partial charge on any atom is 0.325 e. The molecule has 2 aliphatic heterocycles. The van der Waals surface area contributed by atoms with Crippen molar-refractivity contribution < 1.29 is 9.59 Å². The van der Waals surface area contributed by atoms with Gasteiger partial charge < -0.3 is 5.32 Å². The Kier molecular flexibility index (Phi) is 3.01. The van der Waals surface area contributed by atoms with Crippen LogP contribution in [0.2, 0.25) is 0 Å². The highest BCUT2D eigenvalue weighted by molar-refractivity contribution is 7.99. The van der Waals surface area contributed by atoms with Crippen LogP contribution in [0.3, 0.4) is 0 Å². The summed E-state index contributed by atoms with van der Waals surface area (Å²) in [4.78, 5) is 25.9. The minimum Gasteiger partial charge on any atom is -0.322 e. The molecule has 2 heterocycles. The van der Waals surface area contributed by atoms with Crippen LogP contribution in [0.4, 0.5) is 4.79 Å². The van der Waals surface area contributed by atoms with Gasteiger partial charge in [-0.3, -0.25) is 9.69 Å². The molecule has 1 N–H and O–H groups in total. The molecule has 1 spiro atoms.